The molecule has 0 saturated carbocycles. The number of benzene rings is 2. The van der Waals surface area contributed by atoms with Gasteiger partial charge in [0.2, 0.25) is 5.91 Å². The molecule has 2 N–H and O–H groups in total. The van der Waals surface area contributed by atoms with Crippen LogP contribution < -0.4 is 10.6 Å². The lowest BCUT2D eigenvalue weighted by atomic mass is 10.1. The third-order valence-corrected chi connectivity index (χ3v) is 3.19. The summed E-state index contributed by atoms with van der Waals surface area (Å²) in [6.45, 7) is 0. The van der Waals surface area contributed by atoms with Gasteiger partial charge in [0, 0.05) is 12.6 Å². The summed E-state index contributed by atoms with van der Waals surface area (Å²) in [4.78, 5) is 24.3. The predicted octanol–water partition coefficient (Wildman–Crippen LogP) is 1.78. The Balaban J connectivity index is 2.21. The Bertz CT molecular complexity index is 703. The molecule has 0 radical (unpaired) electrons. The van der Waals surface area contributed by atoms with E-state index in [-0.39, 0.29) is 11.8 Å². The molecule has 0 aromatic heterocycles. The first kappa shape index (κ1) is 15.3. The van der Waals surface area contributed by atoms with Gasteiger partial charge in [-0.1, -0.05) is 30.3 Å². The van der Waals surface area contributed by atoms with Crippen molar-refractivity contribution < 1.29 is 9.59 Å². The summed E-state index contributed by atoms with van der Waals surface area (Å²) >= 11 is 0. The van der Waals surface area contributed by atoms with E-state index in [9.17, 15) is 9.59 Å². The van der Waals surface area contributed by atoms with E-state index < -0.39 is 6.04 Å². The highest BCUT2D eigenvalue weighted by Crippen LogP contribution is 2.14. The zero-order valence-electron chi connectivity index (χ0n) is 12.0. The Labute approximate surface area is 128 Å². The molecule has 0 spiro atoms. The van der Waals surface area contributed by atoms with Crippen molar-refractivity contribution in [3.63, 3.8) is 0 Å². The third kappa shape index (κ3) is 3.49. The molecule has 0 unspecified atom stereocenters. The molecule has 0 aliphatic rings. The van der Waals surface area contributed by atoms with Gasteiger partial charge in [0.15, 0.2) is 0 Å². The Morgan fingerprint density at radius 3 is 2.23 bits per heavy atom. The van der Waals surface area contributed by atoms with E-state index in [1.807, 2.05) is 12.1 Å². The summed E-state index contributed by atoms with van der Waals surface area (Å²) in [7, 11) is 1.52. The maximum Gasteiger partial charge on any atom is 0.252 e. The summed E-state index contributed by atoms with van der Waals surface area (Å²) in [6, 6.07) is 16.5. The van der Waals surface area contributed by atoms with Crippen LogP contribution in [0.2, 0.25) is 0 Å². The van der Waals surface area contributed by atoms with Crippen molar-refractivity contribution in [1.82, 2.24) is 10.6 Å². The monoisotopic (exact) mass is 293 g/mol. The number of hydrogen-bond donors (Lipinski definition) is 2. The van der Waals surface area contributed by atoms with Gasteiger partial charge in [-0.05, 0) is 29.8 Å². The highest BCUT2D eigenvalue weighted by atomic mass is 16.2. The largest absolute Gasteiger partial charge is 0.357 e. The van der Waals surface area contributed by atoms with Crippen molar-refractivity contribution in [2.24, 2.45) is 0 Å². The van der Waals surface area contributed by atoms with E-state index in [0.29, 0.717) is 16.7 Å². The molecule has 2 amide bonds. The van der Waals surface area contributed by atoms with Crippen molar-refractivity contribution in [2.75, 3.05) is 7.05 Å². The van der Waals surface area contributed by atoms with E-state index in [4.69, 9.17) is 5.26 Å². The molecule has 2 rings (SSSR count). The number of carbonyl (C=O) groups excluding carboxylic acids is 2. The summed E-state index contributed by atoms with van der Waals surface area (Å²) in [5.74, 6) is -0.671. The van der Waals surface area contributed by atoms with Gasteiger partial charge in [-0.25, -0.2) is 0 Å². The fourth-order valence-corrected chi connectivity index (χ4v) is 2.00. The molecule has 0 aliphatic carbocycles. The second-order valence-electron chi connectivity index (χ2n) is 4.62. The van der Waals surface area contributed by atoms with Crippen LogP contribution in [0.3, 0.4) is 0 Å². The molecular formula is C17H15N3O2. The number of nitrogens with zero attached hydrogens (tertiary/aromatic N) is 1. The average molecular weight is 293 g/mol. The fraction of sp³-hybridized carbons (Fsp3) is 0.118. The van der Waals surface area contributed by atoms with Crippen LogP contribution >= 0.6 is 0 Å². The first-order valence-electron chi connectivity index (χ1n) is 6.73. The Morgan fingerprint density at radius 2 is 1.68 bits per heavy atom. The van der Waals surface area contributed by atoms with Gasteiger partial charge in [-0.2, -0.15) is 5.26 Å². The lowest BCUT2D eigenvalue weighted by Gasteiger charge is -2.17. The van der Waals surface area contributed by atoms with Crippen LogP contribution in [0.4, 0.5) is 0 Å². The van der Waals surface area contributed by atoms with Crippen molar-refractivity contribution in [1.29, 1.82) is 5.26 Å². The van der Waals surface area contributed by atoms with Crippen LogP contribution in [0.1, 0.15) is 27.5 Å². The lowest BCUT2D eigenvalue weighted by Crippen LogP contribution is -2.39. The molecule has 5 heteroatoms. The van der Waals surface area contributed by atoms with E-state index in [1.54, 1.807) is 48.5 Å². The molecule has 2 aromatic rings. The first-order valence-corrected chi connectivity index (χ1v) is 6.73. The van der Waals surface area contributed by atoms with E-state index in [1.165, 1.54) is 7.05 Å². The molecule has 1 atom stereocenters. The number of hydrogen-bond acceptors (Lipinski definition) is 3. The first-order chi connectivity index (χ1) is 10.7. The van der Waals surface area contributed by atoms with Crippen molar-refractivity contribution in [3.05, 3.63) is 71.3 Å². The Morgan fingerprint density at radius 1 is 1.05 bits per heavy atom. The molecule has 5 nitrogen and oxygen atoms in total. The van der Waals surface area contributed by atoms with E-state index in [2.05, 4.69) is 10.6 Å². The lowest BCUT2D eigenvalue weighted by molar-refractivity contribution is -0.122. The molecule has 0 bridgehead atoms. The molecule has 110 valence electrons. The van der Waals surface area contributed by atoms with Gasteiger partial charge in [0.1, 0.15) is 6.04 Å². The number of nitrogens with one attached hydrogen (secondary N) is 2. The van der Waals surface area contributed by atoms with E-state index in [0.717, 1.165) is 0 Å². The van der Waals surface area contributed by atoms with Crippen LogP contribution in [-0.4, -0.2) is 18.9 Å². The normalized spacial score (nSPS) is 11.1. The molecule has 0 aliphatic heterocycles. The van der Waals surface area contributed by atoms with E-state index >= 15 is 0 Å². The summed E-state index contributed by atoms with van der Waals surface area (Å²) < 4.78 is 0. The maximum absolute atomic E-state index is 12.3. The highest BCUT2D eigenvalue weighted by molar-refractivity contribution is 5.97. The van der Waals surface area contributed by atoms with Crippen LogP contribution in [0, 0.1) is 11.3 Å². The predicted molar refractivity (Wildman–Crippen MR) is 81.9 cm³/mol. The number of rotatable bonds is 4. The van der Waals surface area contributed by atoms with Crippen molar-refractivity contribution in [3.8, 4) is 6.07 Å². The molecule has 0 heterocycles. The molecular weight excluding hydrogens is 278 g/mol. The number of amides is 2. The van der Waals surface area contributed by atoms with Gasteiger partial charge >= 0.3 is 0 Å². The Hall–Kier alpha value is -3.13. The number of likely N-dealkylation sites (N-methyl/N-ethyl adjacent to an activating group) is 1. The van der Waals surface area contributed by atoms with Crippen LogP contribution in [0.25, 0.3) is 0 Å². The second kappa shape index (κ2) is 7.04. The zero-order valence-corrected chi connectivity index (χ0v) is 12.0. The van der Waals surface area contributed by atoms with Gasteiger partial charge in [-0.15, -0.1) is 0 Å². The van der Waals surface area contributed by atoms with Crippen molar-refractivity contribution >= 4 is 11.8 Å². The minimum absolute atomic E-state index is 0.298. The molecule has 2 aromatic carbocycles. The fourth-order valence-electron chi connectivity index (χ4n) is 2.00. The molecule has 22 heavy (non-hydrogen) atoms. The van der Waals surface area contributed by atoms with Gasteiger partial charge in [0.05, 0.1) is 11.6 Å². The summed E-state index contributed by atoms with van der Waals surface area (Å²) in [5.41, 5.74) is 1.56. The maximum atomic E-state index is 12.3. The quantitative estimate of drug-likeness (QED) is 0.901. The number of carbonyl (C=O) groups is 2. The van der Waals surface area contributed by atoms with Gasteiger partial charge in [-0.3, -0.25) is 9.59 Å². The van der Waals surface area contributed by atoms with Crippen LogP contribution in [-0.2, 0) is 4.79 Å². The zero-order chi connectivity index (χ0) is 15.9. The standard InChI is InChI=1S/C17H15N3O2/c1-19-17(22)15(13-5-3-2-4-6-13)20-16(21)14-9-7-12(11-18)8-10-14/h2-10,15H,1H3,(H,19,22)(H,20,21)/t15-/m0/s1. The average Bonchev–Trinajstić information content (AvgIpc) is 2.59. The minimum atomic E-state index is -0.769. The topological polar surface area (TPSA) is 82.0 Å². The minimum Gasteiger partial charge on any atom is -0.357 e. The SMILES string of the molecule is CNC(=O)[C@@H](NC(=O)c1ccc(C#N)cc1)c1ccccc1. The van der Waals surface area contributed by atoms with Crippen molar-refractivity contribution in [2.45, 2.75) is 6.04 Å². The highest BCUT2D eigenvalue weighted by Gasteiger charge is 2.22. The summed E-state index contributed by atoms with van der Waals surface area (Å²) in [6.07, 6.45) is 0. The van der Waals surface area contributed by atoms with Crippen LogP contribution in [0.5, 0.6) is 0 Å². The van der Waals surface area contributed by atoms with Gasteiger partial charge < -0.3 is 10.6 Å². The Kier molecular flexibility index (Phi) is 4.89. The molecule has 0 fully saturated rings. The summed E-state index contributed by atoms with van der Waals surface area (Å²) in [5, 5.41) is 14.0. The number of nitriles is 1. The van der Waals surface area contributed by atoms with Crippen LogP contribution in [0.15, 0.2) is 54.6 Å². The second-order valence-corrected chi connectivity index (χ2v) is 4.62. The third-order valence-electron chi connectivity index (χ3n) is 3.19. The molecule has 0 saturated heterocycles. The van der Waals surface area contributed by atoms with Gasteiger partial charge in [0.25, 0.3) is 5.91 Å². The smallest absolute Gasteiger partial charge is 0.252 e.